The molecule has 0 unspecified atom stereocenters. The molecule has 1 aliphatic rings. The first kappa shape index (κ1) is 15.3. The van der Waals surface area contributed by atoms with Gasteiger partial charge in [0.2, 0.25) is 5.91 Å². The molecule has 1 heterocycles. The first-order valence-electron chi connectivity index (χ1n) is 6.88. The number of hydrogen-bond donors (Lipinski definition) is 2. The highest BCUT2D eigenvalue weighted by Crippen LogP contribution is 2.23. The summed E-state index contributed by atoms with van der Waals surface area (Å²) in [5, 5.41) is 19.9. The van der Waals surface area contributed by atoms with Crippen LogP contribution in [-0.4, -0.2) is 46.3 Å². The predicted octanol–water partition coefficient (Wildman–Crippen LogP) is 1.62. The van der Waals surface area contributed by atoms with Gasteiger partial charge in [-0.2, -0.15) is 0 Å². The highest BCUT2D eigenvalue weighted by Gasteiger charge is 2.30. The van der Waals surface area contributed by atoms with Crippen molar-refractivity contribution in [3.8, 4) is 0 Å². The Morgan fingerprint density at radius 3 is 2.75 bits per heavy atom. The van der Waals surface area contributed by atoms with Crippen LogP contribution < -0.4 is 0 Å². The van der Waals surface area contributed by atoms with Gasteiger partial charge in [-0.3, -0.25) is 4.79 Å². The first-order valence-corrected chi connectivity index (χ1v) is 7.26. The minimum absolute atomic E-state index is 0.0142. The summed E-state index contributed by atoms with van der Waals surface area (Å²) in [6.45, 7) is 0.839. The molecule has 1 aromatic rings. The van der Waals surface area contributed by atoms with Gasteiger partial charge in [0, 0.05) is 18.1 Å². The monoisotopic (exact) mass is 297 g/mol. The van der Waals surface area contributed by atoms with Crippen LogP contribution in [0.25, 0.3) is 0 Å². The van der Waals surface area contributed by atoms with E-state index in [0.29, 0.717) is 37.4 Å². The number of carbonyl (C=O) groups excluding carboxylic acids is 1. The lowest BCUT2D eigenvalue weighted by Crippen LogP contribution is -2.37. The fourth-order valence-electron chi connectivity index (χ4n) is 2.50. The fourth-order valence-corrected chi connectivity index (χ4v) is 2.71. The summed E-state index contributed by atoms with van der Waals surface area (Å²) in [5.41, 5.74) is -0.222. The van der Waals surface area contributed by atoms with Crippen molar-refractivity contribution in [1.82, 2.24) is 4.90 Å². The average Bonchev–Trinajstić information content (AvgIpc) is 2.64. The number of carbonyl (C=O) groups is 1. The van der Waals surface area contributed by atoms with Crippen molar-refractivity contribution in [2.45, 2.75) is 31.3 Å². The van der Waals surface area contributed by atoms with E-state index in [1.165, 1.54) is 0 Å². The SMILES string of the molecule is O=C(Cc1ccccc1Cl)N1CCC[C@](O)(CO)CC1. The summed E-state index contributed by atoms with van der Waals surface area (Å²) in [6.07, 6.45) is 1.92. The van der Waals surface area contributed by atoms with Gasteiger partial charge in [-0.25, -0.2) is 0 Å². The zero-order chi connectivity index (χ0) is 14.6. The Morgan fingerprint density at radius 1 is 1.30 bits per heavy atom. The fraction of sp³-hybridized carbons (Fsp3) is 0.533. The van der Waals surface area contributed by atoms with Gasteiger partial charge in [-0.05, 0) is 30.9 Å². The van der Waals surface area contributed by atoms with Gasteiger partial charge in [0.25, 0.3) is 0 Å². The summed E-state index contributed by atoms with van der Waals surface area (Å²) >= 11 is 6.06. The summed E-state index contributed by atoms with van der Waals surface area (Å²) < 4.78 is 0. The third kappa shape index (κ3) is 3.72. The van der Waals surface area contributed by atoms with Crippen LogP contribution in [0.3, 0.4) is 0 Å². The third-order valence-electron chi connectivity index (χ3n) is 3.86. The summed E-state index contributed by atoms with van der Waals surface area (Å²) in [5.74, 6) is 0.0142. The van der Waals surface area contributed by atoms with Crippen LogP contribution in [0.5, 0.6) is 0 Å². The number of aliphatic hydroxyl groups excluding tert-OH is 1. The largest absolute Gasteiger partial charge is 0.393 e. The Hall–Kier alpha value is -1.10. The zero-order valence-electron chi connectivity index (χ0n) is 11.4. The molecule has 0 saturated carbocycles. The van der Waals surface area contributed by atoms with Crippen molar-refractivity contribution < 1.29 is 15.0 Å². The lowest BCUT2D eigenvalue weighted by atomic mass is 9.96. The second-order valence-electron chi connectivity index (χ2n) is 5.38. The number of hydrogen-bond acceptors (Lipinski definition) is 3. The molecule has 20 heavy (non-hydrogen) atoms. The van der Waals surface area contributed by atoms with E-state index in [2.05, 4.69) is 0 Å². The number of aliphatic hydroxyl groups is 2. The minimum atomic E-state index is -1.04. The van der Waals surface area contributed by atoms with Gasteiger partial charge in [0.05, 0.1) is 18.6 Å². The highest BCUT2D eigenvalue weighted by molar-refractivity contribution is 6.31. The Balaban J connectivity index is 1.98. The zero-order valence-corrected chi connectivity index (χ0v) is 12.1. The van der Waals surface area contributed by atoms with Crippen LogP contribution in [0.2, 0.25) is 5.02 Å². The molecule has 4 nitrogen and oxygen atoms in total. The topological polar surface area (TPSA) is 60.8 Å². The van der Waals surface area contributed by atoms with Crippen molar-refractivity contribution >= 4 is 17.5 Å². The Labute approximate surface area is 124 Å². The molecule has 1 fully saturated rings. The van der Waals surface area contributed by atoms with E-state index in [1.807, 2.05) is 18.2 Å². The molecule has 1 aromatic carbocycles. The van der Waals surface area contributed by atoms with Crippen molar-refractivity contribution in [3.05, 3.63) is 34.9 Å². The van der Waals surface area contributed by atoms with Gasteiger partial charge >= 0.3 is 0 Å². The van der Waals surface area contributed by atoms with E-state index in [4.69, 9.17) is 11.6 Å². The lowest BCUT2D eigenvalue weighted by Gasteiger charge is -2.24. The number of likely N-dealkylation sites (tertiary alicyclic amines) is 1. The predicted molar refractivity (Wildman–Crippen MR) is 77.6 cm³/mol. The standard InChI is InChI=1S/C15H20ClNO3/c16-13-5-2-1-4-12(13)10-14(19)17-8-3-6-15(20,11-18)7-9-17/h1-2,4-5,18,20H,3,6-11H2/t15-/m1/s1. The van der Waals surface area contributed by atoms with E-state index in [0.717, 1.165) is 5.56 Å². The molecule has 0 radical (unpaired) electrons. The second kappa shape index (κ2) is 6.57. The van der Waals surface area contributed by atoms with Crippen LogP contribution in [0.4, 0.5) is 0 Å². The molecule has 1 amide bonds. The minimum Gasteiger partial charge on any atom is -0.393 e. The molecule has 2 rings (SSSR count). The van der Waals surface area contributed by atoms with Gasteiger partial charge in [-0.1, -0.05) is 29.8 Å². The van der Waals surface area contributed by atoms with Crippen LogP contribution in [0.15, 0.2) is 24.3 Å². The second-order valence-corrected chi connectivity index (χ2v) is 5.79. The van der Waals surface area contributed by atoms with Crippen molar-refractivity contribution in [2.24, 2.45) is 0 Å². The van der Waals surface area contributed by atoms with Gasteiger partial charge < -0.3 is 15.1 Å². The molecular weight excluding hydrogens is 278 g/mol. The molecule has 2 N–H and O–H groups in total. The number of halogens is 1. The normalized spacial score (nSPS) is 23.4. The smallest absolute Gasteiger partial charge is 0.227 e. The summed E-state index contributed by atoms with van der Waals surface area (Å²) in [4.78, 5) is 14.0. The maximum atomic E-state index is 12.3. The maximum Gasteiger partial charge on any atom is 0.227 e. The van der Waals surface area contributed by atoms with E-state index >= 15 is 0 Å². The van der Waals surface area contributed by atoms with Gasteiger partial charge in [0.1, 0.15) is 0 Å². The highest BCUT2D eigenvalue weighted by atomic mass is 35.5. The molecular formula is C15H20ClNO3. The van der Waals surface area contributed by atoms with Crippen molar-refractivity contribution in [3.63, 3.8) is 0 Å². The Kier molecular flexibility index (Phi) is 5.02. The molecule has 110 valence electrons. The number of amides is 1. The molecule has 1 saturated heterocycles. The quantitative estimate of drug-likeness (QED) is 0.891. The van der Waals surface area contributed by atoms with Crippen LogP contribution in [0, 0.1) is 0 Å². The van der Waals surface area contributed by atoms with E-state index in [1.54, 1.807) is 11.0 Å². The van der Waals surface area contributed by atoms with Crippen molar-refractivity contribution in [1.29, 1.82) is 0 Å². The van der Waals surface area contributed by atoms with E-state index in [9.17, 15) is 15.0 Å². The molecule has 1 atom stereocenters. The summed E-state index contributed by atoms with van der Waals surface area (Å²) in [6, 6.07) is 7.32. The molecule has 0 bridgehead atoms. The van der Waals surface area contributed by atoms with Crippen LogP contribution in [-0.2, 0) is 11.2 Å². The number of benzene rings is 1. The van der Waals surface area contributed by atoms with E-state index in [-0.39, 0.29) is 18.9 Å². The Morgan fingerprint density at radius 2 is 2.05 bits per heavy atom. The van der Waals surface area contributed by atoms with Gasteiger partial charge in [-0.15, -0.1) is 0 Å². The molecule has 0 aromatic heterocycles. The molecule has 1 aliphatic heterocycles. The van der Waals surface area contributed by atoms with Gasteiger partial charge in [0.15, 0.2) is 0 Å². The number of nitrogens with zero attached hydrogens (tertiary/aromatic N) is 1. The molecule has 0 spiro atoms. The first-order chi connectivity index (χ1) is 9.54. The average molecular weight is 298 g/mol. The molecule has 0 aliphatic carbocycles. The number of rotatable bonds is 3. The lowest BCUT2D eigenvalue weighted by molar-refractivity contribution is -0.130. The van der Waals surface area contributed by atoms with E-state index < -0.39 is 5.60 Å². The summed E-state index contributed by atoms with van der Waals surface area (Å²) in [7, 11) is 0. The van der Waals surface area contributed by atoms with Crippen LogP contribution >= 0.6 is 11.6 Å². The third-order valence-corrected chi connectivity index (χ3v) is 4.23. The van der Waals surface area contributed by atoms with Crippen molar-refractivity contribution in [2.75, 3.05) is 19.7 Å². The van der Waals surface area contributed by atoms with Crippen LogP contribution in [0.1, 0.15) is 24.8 Å². The maximum absolute atomic E-state index is 12.3. The molecule has 5 heteroatoms. The Bertz CT molecular complexity index is 480.